The van der Waals surface area contributed by atoms with Crippen LogP contribution < -0.4 is 0 Å². The number of esters is 4. The Balaban J connectivity index is 1.78. The Bertz CT molecular complexity index is 1390. The van der Waals surface area contributed by atoms with E-state index in [2.05, 4.69) is 6.58 Å². The smallest absolute Gasteiger partial charge is 0.305 e. The zero-order valence-corrected chi connectivity index (χ0v) is 26.6. The van der Waals surface area contributed by atoms with E-state index in [1.54, 1.807) is 26.4 Å². The molecule has 0 bridgehead atoms. The molecule has 3 saturated carbocycles. The van der Waals surface area contributed by atoms with Gasteiger partial charge < -0.3 is 28.1 Å². The molecule has 0 N–H and O–H groups in total. The number of hydrogen-bond acceptors (Lipinski definition) is 11. The molecule has 44 heavy (non-hydrogen) atoms. The van der Waals surface area contributed by atoms with Gasteiger partial charge in [0.2, 0.25) is 0 Å². The van der Waals surface area contributed by atoms with Crippen molar-refractivity contribution in [3.05, 3.63) is 36.3 Å². The van der Waals surface area contributed by atoms with Gasteiger partial charge in [-0.25, -0.2) is 0 Å². The topological polar surface area (TPSA) is 148 Å². The van der Waals surface area contributed by atoms with Gasteiger partial charge in [0.25, 0.3) is 0 Å². The molecule has 1 spiro atoms. The highest BCUT2D eigenvalue weighted by atomic mass is 16.6. The Hall–Kier alpha value is -3.47. The van der Waals surface area contributed by atoms with Gasteiger partial charge in [-0.1, -0.05) is 34.3 Å². The van der Waals surface area contributed by atoms with Crippen LogP contribution in [0.25, 0.3) is 0 Å². The van der Waals surface area contributed by atoms with Crippen LogP contribution >= 0.6 is 0 Å². The molecule has 1 aromatic heterocycles. The van der Waals surface area contributed by atoms with Crippen LogP contribution in [0.15, 0.2) is 35.2 Å². The minimum atomic E-state index is -1.24. The normalized spacial score (nSPS) is 40.3. The number of methoxy groups -OCH3 is 1. The van der Waals surface area contributed by atoms with E-state index in [0.717, 1.165) is 5.56 Å². The lowest BCUT2D eigenvalue weighted by Crippen LogP contribution is -2.69. The fourth-order valence-corrected chi connectivity index (χ4v) is 9.31. The van der Waals surface area contributed by atoms with Gasteiger partial charge in [0.05, 0.1) is 31.2 Å². The Morgan fingerprint density at radius 3 is 2.18 bits per heavy atom. The average molecular weight is 615 g/mol. The minimum absolute atomic E-state index is 0.137. The molecule has 2 heterocycles. The lowest BCUT2D eigenvalue weighted by molar-refractivity contribution is -0.227. The van der Waals surface area contributed by atoms with Crippen molar-refractivity contribution >= 4 is 29.7 Å². The molecular formula is C33H42O11. The molecule has 4 fully saturated rings. The summed E-state index contributed by atoms with van der Waals surface area (Å²) in [6, 6.07) is 1.86. The second-order valence-corrected chi connectivity index (χ2v) is 13.7. The molecule has 0 amide bonds. The molecule has 5 rings (SSSR count). The van der Waals surface area contributed by atoms with Gasteiger partial charge in [-0.3, -0.25) is 24.0 Å². The summed E-state index contributed by atoms with van der Waals surface area (Å²) in [5.41, 5.74) is -2.84. The van der Waals surface area contributed by atoms with Crippen LogP contribution in [-0.4, -0.2) is 66.8 Å². The predicted molar refractivity (Wildman–Crippen MR) is 153 cm³/mol. The largest absolute Gasteiger partial charge is 0.472 e. The second-order valence-electron chi connectivity index (χ2n) is 13.7. The molecule has 0 radical (unpaired) electrons. The van der Waals surface area contributed by atoms with Crippen molar-refractivity contribution < 1.29 is 52.1 Å². The van der Waals surface area contributed by atoms with Gasteiger partial charge in [-0.2, -0.15) is 0 Å². The molecule has 11 heteroatoms. The molecule has 3 aliphatic carbocycles. The Labute approximate surface area is 256 Å². The lowest BCUT2D eigenvalue weighted by atomic mass is 9.44. The number of carbonyl (C=O) groups excluding carboxylic acids is 5. The first-order valence-corrected chi connectivity index (χ1v) is 15.0. The molecule has 1 aromatic rings. The summed E-state index contributed by atoms with van der Waals surface area (Å²) in [4.78, 5) is 64.8. The van der Waals surface area contributed by atoms with Gasteiger partial charge in [0.15, 0.2) is 0 Å². The third kappa shape index (κ3) is 4.36. The van der Waals surface area contributed by atoms with Crippen LogP contribution in [0.3, 0.4) is 0 Å². The van der Waals surface area contributed by atoms with E-state index in [0.29, 0.717) is 12.0 Å². The maximum Gasteiger partial charge on any atom is 0.305 e. The van der Waals surface area contributed by atoms with Crippen molar-refractivity contribution in [2.45, 2.75) is 104 Å². The first-order valence-electron chi connectivity index (χ1n) is 15.0. The van der Waals surface area contributed by atoms with E-state index in [-0.39, 0.29) is 30.6 Å². The number of ether oxygens (including phenoxy) is 5. The van der Waals surface area contributed by atoms with Crippen LogP contribution in [-0.2, 0) is 47.7 Å². The predicted octanol–water partition coefficient (Wildman–Crippen LogP) is 4.08. The van der Waals surface area contributed by atoms with E-state index in [1.807, 2.05) is 19.9 Å². The van der Waals surface area contributed by atoms with Crippen molar-refractivity contribution in [3.63, 3.8) is 0 Å². The van der Waals surface area contributed by atoms with Crippen molar-refractivity contribution in [1.82, 2.24) is 0 Å². The fraction of sp³-hybridized carbons (Fsp3) is 0.667. The highest BCUT2D eigenvalue weighted by Gasteiger charge is 2.85. The molecule has 1 aliphatic heterocycles. The van der Waals surface area contributed by atoms with Crippen LogP contribution in [0.5, 0.6) is 0 Å². The minimum Gasteiger partial charge on any atom is -0.472 e. The maximum absolute atomic E-state index is 13.6. The molecule has 4 aliphatic rings. The summed E-state index contributed by atoms with van der Waals surface area (Å²) in [5, 5.41) is 0. The average Bonchev–Trinajstić information content (AvgIpc) is 3.27. The Morgan fingerprint density at radius 2 is 1.64 bits per heavy atom. The van der Waals surface area contributed by atoms with E-state index >= 15 is 0 Å². The zero-order valence-electron chi connectivity index (χ0n) is 26.6. The number of rotatable bonds is 7. The van der Waals surface area contributed by atoms with E-state index in [9.17, 15) is 24.0 Å². The van der Waals surface area contributed by atoms with Gasteiger partial charge in [0, 0.05) is 56.3 Å². The third-order valence-corrected chi connectivity index (χ3v) is 11.3. The highest BCUT2D eigenvalue weighted by molar-refractivity contribution is 5.87. The summed E-state index contributed by atoms with van der Waals surface area (Å²) < 4.78 is 35.2. The van der Waals surface area contributed by atoms with Gasteiger partial charge in [-0.15, -0.1) is 0 Å². The van der Waals surface area contributed by atoms with Crippen molar-refractivity contribution in [2.24, 2.45) is 28.1 Å². The van der Waals surface area contributed by atoms with Crippen molar-refractivity contribution in [3.8, 4) is 0 Å². The Kier molecular flexibility index (Phi) is 7.67. The standard InChI is InChI=1S/C33H42O11/c1-16-27(31(7)22(13-26(38)39-9)30(5,6)23(37)14-24(31)41-17(2)34)28(42-18(3)35)29(43-19(4)36)32(8)21(20-10-11-40-15-20)12-25-33(16,32)44-25/h10-11,15,21-22,24-25,27-29H,1,12-14H2,2-9H3/t21-,22?,24+,25+,27?,28+,29-,31+,32+,33+/m0/s1. The molecule has 11 nitrogen and oxygen atoms in total. The first-order chi connectivity index (χ1) is 20.5. The molecule has 2 unspecified atom stereocenters. The number of carbonyl (C=O) groups is 5. The molecule has 240 valence electrons. The summed E-state index contributed by atoms with van der Waals surface area (Å²) >= 11 is 0. The molecule has 10 atom stereocenters. The van der Waals surface area contributed by atoms with Crippen molar-refractivity contribution in [2.75, 3.05) is 7.11 Å². The summed E-state index contributed by atoms with van der Waals surface area (Å²) in [6.07, 6.45) is -0.0501. The quantitative estimate of drug-likeness (QED) is 0.189. The van der Waals surface area contributed by atoms with Crippen LogP contribution in [0, 0.1) is 28.1 Å². The third-order valence-electron chi connectivity index (χ3n) is 11.3. The summed E-state index contributed by atoms with van der Waals surface area (Å²) in [6.45, 7) is 15.7. The van der Waals surface area contributed by atoms with Gasteiger partial charge >= 0.3 is 23.9 Å². The Morgan fingerprint density at radius 1 is 1.00 bits per heavy atom. The van der Waals surface area contributed by atoms with Crippen molar-refractivity contribution in [1.29, 1.82) is 0 Å². The monoisotopic (exact) mass is 614 g/mol. The van der Waals surface area contributed by atoms with E-state index < -0.39 is 75.9 Å². The maximum atomic E-state index is 13.6. The molecule has 1 saturated heterocycles. The number of ketones is 1. The summed E-state index contributed by atoms with van der Waals surface area (Å²) in [7, 11) is 1.26. The van der Waals surface area contributed by atoms with E-state index in [4.69, 9.17) is 28.1 Å². The van der Waals surface area contributed by atoms with Crippen LogP contribution in [0.1, 0.15) is 79.2 Å². The SMILES string of the molecule is C=C1C([C@]2(C)C(CC(=O)OC)C(C)(C)C(=O)C[C@H]2OC(C)=O)[C@@H](OC(C)=O)[C@H](OC(C)=O)[C@@]2(C)[C@H](c3ccoc3)C[C@H]3O[C@]132. The first kappa shape index (κ1) is 31.9. The van der Waals surface area contributed by atoms with E-state index in [1.165, 1.54) is 27.9 Å². The van der Waals surface area contributed by atoms with Gasteiger partial charge in [0.1, 0.15) is 29.7 Å². The fourth-order valence-electron chi connectivity index (χ4n) is 9.31. The van der Waals surface area contributed by atoms with Gasteiger partial charge in [-0.05, 0) is 29.5 Å². The number of epoxide rings is 1. The zero-order chi connectivity index (χ0) is 32.6. The van der Waals surface area contributed by atoms with Crippen LogP contribution in [0.4, 0.5) is 0 Å². The van der Waals surface area contributed by atoms with Crippen LogP contribution in [0.2, 0.25) is 0 Å². The second kappa shape index (κ2) is 10.6. The number of hydrogen-bond donors (Lipinski definition) is 0. The highest BCUT2D eigenvalue weighted by Crippen LogP contribution is 2.77. The summed E-state index contributed by atoms with van der Waals surface area (Å²) in [5.74, 6) is -4.43. The number of furan rings is 1. The lowest BCUT2D eigenvalue weighted by Gasteiger charge is -2.62. The molecular weight excluding hydrogens is 572 g/mol. The number of Topliss-reactive ketones (excluding diaryl/α,β-unsaturated/α-hetero) is 1. The molecule has 0 aromatic carbocycles.